The zero-order valence-corrected chi connectivity index (χ0v) is 12.8. The predicted octanol–water partition coefficient (Wildman–Crippen LogP) is 2.25. The van der Waals surface area contributed by atoms with Gasteiger partial charge < -0.3 is 5.73 Å². The van der Waals surface area contributed by atoms with Crippen LogP contribution in [0.5, 0.6) is 0 Å². The first kappa shape index (κ1) is 14.8. The van der Waals surface area contributed by atoms with Gasteiger partial charge in [-0.1, -0.05) is 18.2 Å². The fraction of sp³-hybridized carbons (Fsp3) is 0.118. The molecule has 0 radical (unpaired) electrons. The van der Waals surface area contributed by atoms with E-state index in [-0.39, 0.29) is 0 Å². The number of aryl methyl sites for hydroxylation is 1. The van der Waals surface area contributed by atoms with Crippen LogP contribution >= 0.6 is 0 Å². The fourth-order valence-electron chi connectivity index (χ4n) is 2.28. The van der Waals surface area contributed by atoms with Gasteiger partial charge in [0.2, 0.25) is 5.91 Å². The molecule has 0 fully saturated rings. The molecule has 2 N–H and O–H groups in total. The number of primary amides is 1. The third kappa shape index (κ3) is 3.21. The van der Waals surface area contributed by atoms with E-state index < -0.39 is 5.91 Å². The maximum absolute atomic E-state index is 11.0. The number of para-hydroxylation sites is 1. The van der Waals surface area contributed by atoms with Gasteiger partial charge in [0.1, 0.15) is 5.69 Å². The first-order valence-electron chi connectivity index (χ1n) is 7.33. The Kier molecular flexibility index (Phi) is 4.05. The molecule has 23 heavy (non-hydrogen) atoms. The highest BCUT2D eigenvalue weighted by Gasteiger charge is 2.12. The fourth-order valence-corrected chi connectivity index (χ4v) is 2.28. The van der Waals surface area contributed by atoms with Crippen LogP contribution in [0.1, 0.15) is 12.5 Å². The molecule has 1 aromatic carbocycles. The van der Waals surface area contributed by atoms with E-state index in [1.54, 1.807) is 17.0 Å². The highest BCUT2D eigenvalue weighted by atomic mass is 16.1. The van der Waals surface area contributed by atoms with Gasteiger partial charge in [-0.2, -0.15) is 10.2 Å². The third-order valence-corrected chi connectivity index (χ3v) is 3.42. The normalized spacial score (nSPS) is 11.2. The molecule has 0 spiro atoms. The molecule has 6 nitrogen and oxygen atoms in total. The van der Waals surface area contributed by atoms with Crippen molar-refractivity contribution in [1.29, 1.82) is 0 Å². The highest BCUT2D eigenvalue weighted by Crippen LogP contribution is 2.24. The summed E-state index contributed by atoms with van der Waals surface area (Å²) >= 11 is 0. The van der Waals surface area contributed by atoms with Gasteiger partial charge in [0.15, 0.2) is 0 Å². The molecular formula is C17H17N5O. The van der Waals surface area contributed by atoms with Crippen LogP contribution in [0.15, 0.2) is 55.0 Å². The molecule has 2 heterocycles. The maximum atomic E-state index is 11.0. The van der Waals surface area contributed by atoms with Gasteiger partial charge in [0.25, 0.3) is 0 Å². The Morgan fingerprint density at radius 1 is 1.26 bits per heavy atom. The SMILES string of the molecule is CCn1cc(-c2nn(-c3ccccc3)cc2/C=C/C(N)=O)cn1. The number of nitrogens with two attached hydrogens (primary N) is 1. The molecule has 0 aliphatic rings. The predicted molar refractivity (Wildman–Crippen MR) is 88.7 cm³/mol. The molecule has 1 amide bonds. The van der Waals surface area contributed by atoms with Crippen molar-refractivity contribution < 1.29 is 4.79 Å². The van der Waals surface area contributed by atoms with Crippen molar-refractivity contribution in [3.8, 4) is 16.9 Å². The van der Waals surface area contributed by atoms with Crippen molar-refractivity contribution in [2.24, 2.45) is 5.73 Å². The molecule has 3 rings (SSSR count). The lowest BCUT2D eigenvalue weighted by Gasteiger charge is -1.99. The van der Waals surface area contributed by atoms with Crippen molar-refractivity contribution in [2.75, 3.05) is 0 Å². The van der Waals surface area contributed by atoms with Crippen LogP contribution in [0.4, 0.5) is 0 Å². The summed E-state index contributed by atoms with van der Waals surface area (Å²) in [5.74, 6) is -0.493. The quantitative estimate of drug-likeness (QED) is 0.734. The summed E-state index contributed by atoms with van der Waals surface area (Å²) in [7, 11) is 0. The number of aromatic nitrogens is 4. The van der Waals surface area contributed by atoms with E-state index in [0.717, 1.165) is 29.1 Å². The number of amides is 1. The number of benzene rings is 1. The zero-order valence-electron chi connectivity index (χ0n) is 12.8. The Morgan fingerprint density at radius 3 is 2.70 bits per heavy atom. The standard InChI is InChI=1S/C17H17N5O/c1-2-21-11-14(10-19-21)17-13(8-9-16(18)23)12-22(20-17)15-6-4-3-5-7-15/h3-12H,2H2,1H3,(H2,18,23)/b9-8+. The second-order valence-electron chi connectivity index (χ2n) is 5.03. The number of hydrogen-bond acceptors (Lipinski definition) is 3. The average molecular weight is 307 g/mol. The van der Waals surface area contributed by atoms with Crippen molar-refractivity contribution in [1.82, 2.24) is 19.6 Å². The molecular weight excluding hydrogens is 290 g/mol. The van der Waals surface area contributed by atoms with Crippen LogP contribution in [0.3, 0.4) is 0 Å². The smallest absolute Gasteiger partial charge is 0.241 e. The highest BCUT2D eigenvalue weighted by molar-refractivity contribution is 5.91. The Hall–Kier alpha value is -3.15. The van der Waals surface area contributed by atoms with Gasteiger partial charge in [-0.05, 0) is 25.1 Å². The van der Waals surface area contributed by atoms with E-state index in [1.807, 2.05) is 54.3 Å². The van der Waals surface area contributed by atoms with Gasteiger partial charge in [0.05, 0.1) is 11.9 Å². The summed E-state index contributed by atoms with van der Waals surface area (Å²) in [6.07, 6.45) is 8.57. The summed E-state index contributed by atoms with van der Waals surface area (Å²) in [5.41, 5.74) is 8.60. The van der Waals surface area contributed by atoms with E-state index in [0.29, 0.717) is 0 Å². The first-order chi connectivity index (χ1) is 11.2. The van der Waals surface area contributed by atoms with E-state index in [1.165, 1.54) is 6.08 Å². The van der Waals surface area contributed by atoms with Gasteiger partial charge in [-0.3, -0.25) is 9.48 Å². The minimum absolute atomic E-state index is 0.493. The molecule has 2 aromatic heterocycles. The minimum Gasteiger partial charge on any atom is -0.366 e. The second-order valence-corrected chi connectivity index (χ2v) is 5.03. The molecule has 0 atom stereocenters. The molecule has 0 aliphatic heterocycles. The summed E-state index contributed by atoms with van der Waals surface area (Å²) in [6, 6.07) is 9.78. The number of carbonyl (C=O) groups is 1. The Morgan fingerprint density at radius 2 is 2.04 bits per heavy atom. The van der Waals surface area contributed by atoms with Crippen molar-refractivity contribution >= 4 is 12.0 Å². The maximum Gasteiger partial charge on any atom is 0.241 e. The Balaban J connectivity index is 2.08. The van der Waals surface area contributed by atoms with Crippen molar-refractivity contribution in [3.05, 3.63) is 60.6 Å². The first-order valence-corrected chi connectivity index (χ1v) is 7.33. The molecule has 0 bridgehead atoms. The zero-order chi connectivity index (χ0) is 16.2. The molecule has 0 saturated heterocycles. The van der Waals surface area contributed by atoms with Gasteiger partial charge in [-0.25, -0.2) is 4.68 Å². The summed E-state index contributed by atoms with van der Waals surface area (Å²) < 4.78 is 3.61. The Labute approximate surface area is 133 Å². The van der Waals surface area contributed by atoms with E-state index in [4.69, 9.17) is 5.73 Å². The van der Waals surface area contributed by atoms with E-state index in [9.17, 15) is 4.79 Å². The van der Waals surface area contributed by atoms with Gasteiger partial charge in [0, 0.05) is 36.1 Å². The number of hydrogen-bond donors (Lipinski definition) is 1. The summed E-state index contributed by atoms with van der Waals surface area (Å²) in [4.78, 5) is 11.0. The van der Waals surface area contributed by atoms with Crippen LogP contribution in [-0.4, -0.2) is 25.5 Å². The summed E-state index contributed by atoms with van der Waals surface area (Å²) in [5, 5.41) is 8.92. The van der Waals surface area contributed by atoms with Crippen LogP contribution in [0.25, 0.3) is 23.0 Å². The lowest BCUT2D eigenvalue weighted by molar-refractivity contribution is -0.113. The lowest BCUT2D eigenvalue weighted by atomic mass is 10.1. The summed E-state index contributed by atoms with van der Waals surface area (Å²) in [6.45, 7) is 2.80. The van der Waals surface area contributed by atoms with Crippen molar-refractivity contribution in [3.63, 3.8) is 0 Å². The molecule has 0 aliphatic carbocycles. The largest absolute Gasteiger partial charge is 0.366 e. The van der Waals surface area contributed by atoms with E-state index in [2.05, 4.69) is 10.2 Å². The third-order valence-electron chi connectivity index (χ3n) is 3.42. The number of rotatable bonds is 5. The van der Waals surface area contributed by atoms with Crippen LogP contribution in [0, 0.1) is 0 Å². The Bertz CT molecular complexity index is 845. The molecule has 6 heteroatoms. The molecule has 116 valence electrons. The monoisotopic (exact) mass is 307 g/mol. The van der Waals surface area contributed by atoms with Crippen LogP contribution in [-0.2, 0) is 11.3 Å². The molecule has 0 unspecified atom stereocenters. The number of nitrogens with zero attached hydrogens (tertiary/aromatic N) is 4. The van der Waals surface area contributed by atoms with Crippen LogP contribution < -0.4 is 5.73 Å². The topological polar surface area (TPSA) is 78.7 Å². The minimum atomic E-state index is -0.493. The lowest BCUT2D eigenvalue weighted by Crippen LogP contribution is -2.05. The molecule has 3 aromatic rings. The average Bonchev–Trinajstić information content (AvgIpc) is 3.20. The van der Waals surface area contributed by atoms with Gasteiger partial charge in [-0.15, -0.1) is 0 Å². The number of carbonyl (C=O) groups excluding carboxylic acids is 1. The van der Waals surface area contributed by atoms with Gasteiger partial charge >= 0.3 is 0 Å². The van der Waals surface area contributed by atoms with E-state index >= 15 is 0 Å². The van der Waals surface area contributed by atoms with Crippen molar-refractivity contribution in [2.45, 2.75) is 13.5 Å². The molecule has 0 saturated carbocycles. The van der Waals surface area contributed by atoms with Crippen LogP contribution in [0.2, 0.25) is 0 Å². The second kappa shape index (κ2) is 6.31.